The van der Waals surface area contributed by atoms with E-state index in [4.69, 9.17) is 5.14 Å². The molecule has 164 valence electrons. The number of imidazole rings is 1. The van der Waals surface area contributed by atoms with Gasteiger partial charge in [0.1, 0.15) is 0 Å². The number of hydrogen-bond acceptors (Lipinski definition) is 5. The summed E-state index contributed by atoms with van der Waals surface area (Å²) in [5.74, 6) is 0.182. The van der Waals surface area contributed by atoms with E-state index in [9.17, 15) is 13.2 Å². The highest BCUT2D eigenvalue weighted by atomic mass is 32.2. The number of nitrogens with two attached hydrogens (primary N) is 1. The topological polar surface area (TPSA) is 98.3 Å². The summed E-state index contributed by atoms with van der Waals surface area (Å²) in [5.41, 5.74) is 4.23. The lowest BCUT2D eigenvalue weighted by Gasteiger charge is -2.25. The summed E-state index contributed by atoms with van der Waals surface area (Å²) < 4.78 is 24.8. The van der Waals surface area contributed by atoms with E-state index >= 15 is 0 Å². The molecular weight excluding hydrogens is 432 g/mol. The molecule has 1 amide bonds. The number of primary sulfonamides is 1. The molecule has 9 heteroatoms. The third-order valence-corrected chi connectivity index (χ3v) is 7.31. The Labute approximate surface area is 187 Å². The lowest BCUT2D eigenvalue weighted by atomic mass is 10.1. The lowest BCUT2D eigenvalue weighted by molar-refractivity contribution is -0.128. The van der Waals surface area contributed by atoms with E-state index in [2.05, 4.69) is 24.9 Å². The van der Waals surface area contributed by atoms with Gasteiger partial charge in [-0.2, -0.15) is 0 Å². The number of aromatic nitrogens is 2. The van der Waals surface area contributed by atoms with Gasteiger partial charge in [-0.25, -0.2) is 18.5 Å². The van der Waals surface area contributed by atoms with E-state index in [0.29, 0.717) is 0 Å². The van der Waals surface area contributed by atoms with Crippen LogP contribution in [-0.4, -0.2) is 41.6 Å². The first kappa shape index (κ1) is 23.1. The second-order valence-corrected chi connectivity index (χ2v) is 9.89. The van der Waals surface area contributed by atoms with Crippen LogP contribution in [0.4, 0.5) is 0 Å². The van der Waals surface area contributed by atoms with E-state index in [0.717, 1.165) is 16.4 Å². The van der Waals surface area contributed by atoms with Crippen LogP contribution in [0.25, 0.3) is 5.69 Å². The predicted octanol–water partition coefficient (Wildman–Crippen LogP) is 3.45. The standard InChI is InChI=1S/C22H26N4O3S2/c1-15-6-5-7-20(16(15)2)26-13-12-24-22(26)30-14-21(27)25(4)17(3)18-8-10-19(11-9-18)31(23,28)29/h5-13,17H,14H2,1-4H3,(H2,23,28,29). The lowest BCUT2D eigenvalue weighted by Crippen LogP contribution is -2.31. The number of aryl methyl sites for hydroxylation is 1. The van der Waals surface area contributed by atoms with Crippen LogP contribution in [0.5, 0.6) is 0 Å². The number of carbonyl (C=O) groups excluding carboxylic acids is 1. The van der Waals surface area contributed by atoms with Crippen LogP contribution in [0.1, 0.15) is 29.7 Å². The molecule has 0 bridgehead atoms. The van der Waals surface area contributed by atoms with E-state index < -0.39 is 10.0 Å². The van der Waals surface area contributed by atoms with Gasteiger partial charge in [0.05, 0.1) is 22.4 Å². The zero-order valence-electron chi connectivity index (χ0n) is 17.9. The van der Waals surface area contributed by atoms with Gasteiger partial charge in [0.2, 0.25) is 15.9 Å². The van der Waals surface area contributed by atoms with Gasteiger partial charge in [-0.15, -0.1) is 0 Å². The zero-order chi connectivity index (χ0) is 22.8. The molecule has 31 heavy (non-hydrogen) atoms. The van der Waals surface area contributed by atoms with Crippen LogP contribution in [0, 0.1) is 13.8 Å². The van der Waals surface area contributed by atoms with Crippen molar-refractivity contribution >= 4 is 27.7 Å². The summed E-state index contributed by atoms with van der Waals surface area (Å²) in [6.45, 7) is 6.03. The quantitative estimate of drug-likeness (QED) is 0.547. The molecule has 0 aliphatic carbocycles. The van der Waals surface area contributed by atoms with Crippen molar-refractivity contribution in [2.75, 3.05) is 12.8 Å². The Hall–Kier alpha value is -2.62. The summed E-state index contributed by atoms with van der Waals surface area (Å²) in [5, 5.41) is 5.90. The molecule has 3 rings (SSSR count). The van der Waals surface area contributed by atoms with Gasteiger partial charge >= 0.3 is 0 Å². The maximum Gasteiger partial charge on any atom is 0.238 e. The molecule has 2 aromatic carbocycles. The summed E-state index contributed by atoms with van der Waals surface area (Å²) in [6.07, 6.45) is 3.63. The largest absolute Gasteiger partial charge is 0.338 e. The third kappa shape index (κ3) is 5.17. The smallest absolute Gasteiger partial charge is 0.238 e. The second-order valence-electron chi connectivity index (χ2n) is 7.38. The van der Waals surface area contributed by atoms with Crippen molar-refractivity contribution in [1.82, 2.24) is 14.5 Å². The van der Waals surface area contributed by atoms with Crippen molar-refractivity contribution in [1.29, 1.82) is 0 Å². The van der Waals surface area contributed by atoms with Gasteiger partial charge in [0.15, 0.2) is 5.16 Å². The molecule has 0 fully saturated rings. The molecule has 1 unspecified atom stereocenters. The first-order valence-electron chi connectivity index (χ1n) is 9.70. The van der Waals surface area contributed by atoms with Crippen molar-refractivity contribution < 1.29 is 13.2 Å². The normalized spacial score (nSPS) is 12.5. The fourth-order valence-corrected chi connectivity index (χ4v) is 4.59. The second kappa shape index (κ2) is 9.25. The van der Waals surface area contributed by atoms with Gasteiger partial charge in [-0.3, -0.25) is 9.36 Å². The highest BCUT2D eigenvalue weighted by Gasteiger charge is 2.19. The maximum absolute atomic E-state index is 12.8. The molecule has 7 nitrogen and oxygen atoms in total. The van der Waals surface area contributed by atoms with Crippen molar-refractivity contribution in [2.24, 2.45) is 5.14 Å². The molecule has 1 atom stereocenters. The first-order valence-corrected chi connectivity index (χ1v) is 12.2. The SMILES string of the molecule is Cc1cccc(-n2ccnc2SCC(=O)N(C)C(C)c2ccc(S(N)(=O)=O)cc2)c1C. The number of benzene rings is 2. The Morgan fingerprint density at radius 3 is 2.52 bits per heavy atom. The summed E-state index contributed by atoms with van der Waals surface area (Å²) in [7, 11) is -2.01. The number of carbonyl (C=O) groups is 1. The van der Waals surface area contributed by atoms with Crippen LogP contribution < -0.4 is 5.14 Å². The van der Waals surface area contributed by atoms with E-state index in [1.807, 2.05) is 29.8 Å². The number of rotatable bonds is 7. The molecule has 0 radical (unpaired) electrons. The van der Waals surface area contributed by atoms with Crippen LogP contribution in [0.3, 0.4) is 0 Å². The average Bonchev–Trinajstić information content (AvgIpc) is 3.20. The minimum atomic E-state index is -3.74. The molecule has 0 aliphatic heterocycles. The Balaban J connectivity index is 1.69. The molecule has 3 aromatic rings. The number of thioether (sulfide) groups is 1. The molecule has 1 aromatic heterocycles. The van der Waals surface area contributed by atoms with Crippen LogP contribution >= 0.6 is 11.8 Å². The summed E-state index contributed by atoms with van der Waals surface area (Å²) in [6, 6.07) is 12.1. The zero-order valence-corrected chi connectivity index (χ0v) is 19.6. The van der Waals surface area contributed by atoms with Crippen molar-refractivity contribution in [2.45, 2.75) is 36.9 Å². The van der Waals surface area contributed by atoms with E-state index in [1.54, 1.807) is 30.3 Å². The highest BCUT2D eigenvalue weighted by Crippen LogP contribution is 2.26. The van der Waals surface area contributed by atoms with Gasteiger partial charge < -0.3 is 4.90 Å². The number of amides is 1. The minimum Gasteiger partial charge on any atom is -0.338 e. The van der Waals surface area contributed by atoms with Crippen molar-refractivity contribution in [3.8, 4) is 5.69 Å². The van der Waals surface area contributed by atoms with Crippen molar-refractivity contribution in [3.63, 3.8) is 0 Å². The van der Waals surface area contributed by atoms with Crippen LogP contribution in [-0.2, 0) is 14.8 Å². The Morgan fingerprint density at radius 2 is 1.87 bits per heavy atom. The molecule has 0 aliphatic rings. The fourth-order valence-electron chi connectivity index (χ4n) is 3.18. The average molecular weight is 459 g/mol. The first-order chi connectivity index (χ1) is 14.6. The predicted molar refractivity (Wildman–Crippen MR) is 123 cm³/mol. The maximum atomic E-state index is 12.8. The highest BCUT2D eigenvalue weighted by molar-refractivity contribution is 7.99. The molecule has 1 heterocycles. The van der Waals surface area contributed by atoms with Crippen LogP contribution in [0.2, 0.25) is 0 Å². The van der Waals surface area contributed by atoms with Crippen LogP contribution in [0.15, 0.2) is 64.9 Å². The Kier molecular flexibility index (Phi) is 6.88. The van der Waals surface area contributed by atoms with E-state index in [1.165, 1.54) is 35.0 Å². The monoisotopic (exact) mass is 458 g/mol. The van der Waals surface area contributed by atoms with Gasteiger partial charge in [0, 0.05) is 19.4 Å². The minimum absolute atomic E-state index is 0.0475. The number of hydrogen-bond donors (Lipinski definition) is 1. The molecular formula is C22H26N4O3S2. The fraction of sp³-hybridized carbons (Fsp3) is 0.273. The number of sulfonamides is 1. The van der Waals surface area contributed by atoms with Crippen molar-refractivity contribution in [3.05, 3.63) is 71.5 Å². The van der Waals surface area contributed by atoms with Gasteiger partial charge in [-0.05, 0) is 55.7 Å². The van der Waals surface area contributed by atoms with Gasteiger partial charge in [0.25, 0.3) is 0 Å². The number of nitrogens with zero attached hydrogens (tertiary/aromatic N) is 3. The Morgan fingerprint density at radius 1 is 1.19 bits per heavy atom. The van der Waals surface area contributed by atoms with E-state index in [-0.39, 0.29) is 22.6 Å². The molecule has 0 saturated heterocycles. The van der Waals surface area contributed by atoms with Gasteiger partial charge in [-0.1, -0.05) is 36.0 Å². The summed E-state index contributed by atoms with van der Waals surface area (Å²) in [4.78, 5) is 18.9. The molecule has 2 N–H and O–H groups in total. The molecule has 0 saturated carbocycles. The third-order valence-electron chi connectivity index (χ3n) is 5.43. The molecule has 0 spiro atoms. The Bertz CT molecular complexity index is 1190. The summed E-state index contributed by atoms with van der Waals surface area (Å²) >= 11 is 1.38.